The van der Waals surface area contributed by atoms with Gasteiger partial charge < -0.3 is 9.64 Å². The summed E-state index contributed by atoms with van der Waals surface area (Å²) in [6.45, 7) is 5.74. The van der Waals surface area contributed by atoms with Gasteiger partial charge in [-0.2, -0.15) is 0 Å². The predicted octanol–water partition coefficient (Wildman–Crippen LogP) is 3.52. The van der Waals surface area contributed by atoms with E-state index < -0.39 is 0 Å². The summed E-state index contributed by atoms with van der Waals surface area (Å²) in [6.07, 6.45) is 3.24. The van der Waals surface area contributed by atoms with E-state index in [0.717, 1.165) is 42.7 Å². The molecule has 0 bridgehead atoms. The molecule has 1 aliphatic heterocycles. The fourth-order valence-corrected chi connectivity index (χ4v) is 2.92. The van der Waals surface area contributed by atoms with E-state index in [1.54, 1.807) is 0 Å². The van der Waals surface area contributed by atoms with Gasteiger partial charge in [0.25, 0.3) is 0 Å². The summed E-state index contributed by atoms with van der Waals surface area (Å²) in [5.74, 6) is 0.206. The molecule has 1 unspecified atom stereocenters. The van der Waals surface area contributed by atoms with Gasteiger partial charge >= 0.3 is 0 Å². The van der Waals surface area contributed by atoms with Gasteiger partial charge in [0.1, 0.15) is 0 Å². The summed E-state index contributed by atoms with van der Waals surface area (Å²) in [7, 11) is 0. The van der Waals surface area contributed by atoms with Crippen LogP contribution in [0, 0.1) is 0 Å². The number of carbonyl (C=O) groups excluding carboxylic acids is 1. The second-order valence-electron chi connectivity index (χ2n) is 5.21. The van der Waals surface area contributed by atoms with Crippen molar-refractivity contribution in [2.75, 3.05) is 26.2 Å². The molecule has 2 rings (SSSR count). The molecule has 1 saturated heterocycles. The lowest BCUT2D eigenvalue weighted by Gasteiger charge is -2.23. The molecule has 1 aromatic carbocycles. The van der Waals surface area contributed by atoms with Crippen LogP contribution in [0.2, 0.25) is 0 Å². The smallest absolute Gasteiger partial charge is 0.164 e. The second kappa shape index (κ2) is 7.91. The zero-order chi connectivity index (χ0) is 14.4. The van der Waals surface area contributed by atoms with Crippen LogP contribution in [0.25, 0.3) is 0 Å². The summed E-state index contributed by atoms with van der Waals surface area (Å²) in [5, 5.41) is 0. The first-order chi connectivity index (χ1) is 9.69. The fraction of sp³-hybridized carbons (Fsp3) is 0.562. The summed E-state index contributed by atoms with van der Waals surface area (Å²) in [4.78, 5) is 14.5. The molecule has 0 aromatic heterocycles. The number of benzene rings is 1. The molecule has 110 valence electrons. The lowest BCUT2D eigenvalue weighted by Crippen LogP contribution is -2.33. The van der Waals surface area contributed by atoms with E-state index in [1.807, 2.05) is 24.3 Å². The molecule has 1 aliphatic rings. The van der Waals surface area contributed by atoms with Gasteiger partial charge in [-0.15, -0.1) is 0 Å². The van der Waals surface area contributed by atoms with Gasteiger partial charge in [-0.25, -0.2) is 0 Å². The van der Waals surface area contributed by atoms with Crippen molar-refractivity contribution < 1.29 is 9.53 Å². The molecular weight excluding hydrogens is 318 g/mol. The van der Waals surface area contributed by atoms with Gasteiger partial charge in [0.05, 0.1) is 6.10 Å². The van der Waals surface area contributed by atoms with Crippen LogP contribution >= 0.6 is 15.9 Å². The highest BCUT2D eigenvalue weighted by atomic mass is 79.9. The van der Waals surface area contributed by atoms with E-state index in [1.165, 1.54) is 6.42 Å². The van der Waals surface area contributed by atoms with Crippen molar-refractivity contribution in [2.45, 2.75) is 32.3 Å². The van der Waals surface area contributed by atoms with E-state index in [-0.39, 0.29) is 5.78 Å². The van der Waals surface area contributed by atoms with E-state index in [2.05, 4.69) is 27.8 Å². The number of hydrogen-bond donors (Lipinski definition) is 0. The molecule has 0 spiro atoms. The summed E-state index contributed by atoms with van der Waals surface area (Å²) >= 11 is 3.40. The van der Waals surface area contributed by atoms with Crippen LogP contribution in [0.3, 0.4) is 0 Å². The monoisotopic (exact) mass is 339 g/mol. The molecule has 3 nitrogen and oxygen atoms in total. The zero-order valence-corrected chi connectivity index (χ0v) is 13.6. The lowest BCUT2D eigenvalue weighted by molar-refractivity contribution is 0.0720. The molecule has 0 saturated carbocycles. The van der Waals surface area contributed by atoms with Gasteiger partial charge in [-0.3, -0.25) is 4.79 Å². The average Bonchev–Trinajstić information content (AvgIpc) is 2.96. The molecule has 4 heteroatoms. The first-order valence-electron chi connectivity index (χ1n) is 7.31. The minimum atomic E-state index is 0.206. The van der Waals surface area contributed by atoms with Crippen molar-refractivity contribution in [1.29, 1.82) is 0 Å². The predicted molar refractivity (Wildman–Crippen MR) is 84.2 cm³/mol. The quantitative estimate of drug-likeness (QED) is 0.712. The third-order valence-electron chi connectivity index (χ3n) is 3.73. The molecule has 0 amide bonds. The van der Waals surface area contributed by atoms with Crippen molar-refractivity contribution in [1.82, 2.24) is 4.90 Å². The van der Waals surface area contributed by atoms with Crippen LogP contribution in [-0.2, 0) is 4.74 Å². The Kier molecular flexibility index (Phi) is 6.20. The topological polar surface area (TPSA) is 29.5 Å². The Morgan fingerprint density at radius 3 is 3.00 bits per heavy atom. The summed E-state index contributed by atoms with van der Waals surface area (Å²) in [5.41, 5.74) is 0.785. The largest absolute Gasteiger partial charge is 0.377 e. The molecule has 0 N–H and O–H groups in total. The van der Waals surface area contributed by atoms with E-state index in [4.69, 9.17) is 4.74 Å². The van der Waals surface area contributed by atoms with E-state index in [9.17, 15) is 4.79 Å². The number of ether oxygens (including phenoxy) is 1. The first kappa shape index (κ1) is 15.7. The maximum atomic E-state index is 12.2. The van der Waals surface area contributed by atoms with Crippen LogP contribution in [-0.4, -0.2) is 43.0 Å². The van der Waals surface area contributed by atoms with Crippen molar-refractivity contribution in [3.05, 3.63) is 34.3 Å². The van der Waals surface area contributed by atoms with Gasteiger partial charge in [-0.05, 0) is 31.5 Å². The normalized spacial score (nSPS) is 18.6. The van der Waals surface area contributed by atoms with E-state index in [0.29, 0.717) is 12.5 Å². The van der Waals surface area contributed by atoms with Crippen LogP contribution < -0.4 is 0 Å². The molecule has 1 heterocycles. The van der Waals surface area contributed by atoms with Gasteiger partial charge in [-0.1, -0.05) is 35.0 Å². The van der Waals surface area contributed by atoms with Crippen molar-refractivity contribution in [3.63, 3.8) is 0 Å². The SMILES string of the molecule is CCN(CCC(=O)c1cccc(Br)c1)CC1CCCO1. The molecule has 1 fully saturated rings. The average molecular weight is 340 g/mol. The van der Waals surface area contributed by atoms with Crippen molar-refractivity contribution in [2.24, 2.45) is 0 Å². The van der Waals surface area contributed by atoms with Crippen LogP contribution in [0.5, 0.6) is 0 Å². The van der Waals surface area contributed by atoms with Crippen molar-refractivity contribution >= 4 is 21.7 Å². The first-order valence-corrected chi connectivity index (χ1v) is 8.11. The van der Waals surface area contributed by atoms with Crippen molar-refractivity contribution in [3.8, 4) is 0 Å². The third kappa shape index (κ3) is 4.69. The Hall–Kier alpha value is -0.710. The highest BCUT2D eigenvalue weighted by Gasteiger charge is 2.19. The van der Waals surface area contributed by atoms with Crippen LogP contribution in [0.1, 0.15) is 36.5 Å². The number of carbonyl (C=O) groups is 1. The standard InChI is InChI=1S/C16H22BrNO2/c1-2-18(12-15-7-4-10-20-15)9-8-16(19)13-5-3-6-14(17)11-13/h3,5-6,11,15H,2,4,7-10,12H2,1H3. The Bertz CT molecular complexity index is 444. The molecule has 20 heavy (non-hydrogen) atoms. The van der Waals surface area contributed by atoms with Gasteiger partial charge in [0.15, 0.2) is 5.78 Å². The van der Waals surface area contributed by atoms with Gasteiger partial charge in [0, 0.05) is 36.2 Å². The minimum Gasteiger partial charge on any atom is -0.377 e. The van der Waals surface area contributed by atoms with Crippen LogP contribution in [0.4, 0.5) is 0 Å². The molecule has 1 atom stereocenters. The Labute approximate surface area is 129 Å². The molecule has 0 radical (unpaired) electrons. The maximum absolute atomic E-state index is 12.2. The van der Waals surface area contributed by atoms with Crippen LogP contribution in [0.15, 0.2) is 28.7 Å². The van der Waals surface area contributed by atoms with Gasteiger partial charge in [0.2, 0.25) is 0 Å². The number of halogens is 1. The third-order valence-corrected chi connectivity index (χ3v) is 4.23. The number of hydrogen-bond acceptors (Lipinski definition) is 3. The molecular formula is C16H22BrNO2. The molecule has 1 aromatic rings. The molecule has 0 aliphatic carbocycles. The highest BCUT2D eigenvalue weighted by Crippen LogP contribution is 2.15. The lowest BCUT2D eigenvalue weighted by atomic mass is 10.1. The van der Waals surface area contributed by atoms with E-state index >= 15 is 0 Å². The summed E-state index contributed by atoms with van der Waals surface area (Å²) in [6, 6.07) is 7.61. The highest BCUT2D eigenvalue weighted by molar-refractivity contribution is 9.10. The number of Topliss-reactive ketones (excluding diaryl/α,β-unsaturated/α-hetero) is 1. The Morgan fingerprint density at radius 2 is 2.35 bits per heavy atom. The fourth-order valence-electron chi connectivity index (χ4n) is 2.52. The number of likely N-dealkylation sites (N-methyl/N-ethyl adjacent to an activating group) is 1. The summed E-state index contributed by atoms with van der Waals surface area (Å²) < 4.78 is 6.61. The Balaban J connectivity index is 1.81. The second-order valence-corrected chi connectivity index (χ2v) is 6.13. The Morgan fingerprint density at radius 1 is 1.50 bits per heavy atom. The number of rotatable bonds is 7. The number of nitrogens with zero attached hydrogens (tertiary/aromatic N) is 1. The zero-order valence-electron chi connectivity index (χ0n) is 12.0. The minimum absolute atomic E-state index is 0.206. The number of ketones is 1. The maximum Gasteiger partial charge on any atom is 0.164 e.